The summed E-state index contributed by atoms with van der Waals surface area (Å²) in [4.78, 5) is 18.0. The minimum atomic E-state index is 0.0221. The van der Waals surface area contributed by atoms with Crippen molar-refractivity contribution >= 4 is 5.78 Å². The van der Waals surface area contributed by atoms with Crippen LogP contribution in [0.5, 0.6) is 0 Å². The molecule has 3 heteroatoms. The Kier molecular flexibility index (Phi) is 9.82. The van der Waals surface area contributed by atoms with Gasteiger partial charge in [0.15, 0.2) is 5.78 Å². The van der Waals surface area contributed by atoms with Gasteiger partial charge in [0, 0.05) is 24.2 Å². The topological polar surface area (TPSA) is 23.6 Å². The number of hydrogen-bond acceptors (Lipinski definition) is 3. The lowest BCUT2D eigenvalue weighted by Crippen LogP contribution is -2.11. The van der Waals surface area contributed by atoms with Crippen molar-refractivity contribution in [2.75, 3.05) is 28.2 Å². The Bertz CT molecular complexity index is 1910. The summed E-state index contributed by atoms with van der Waals surface area (Å²) in [7, 11) is 8.39. The molecule has 0 spiro atoms. The fourth-order valence-electron chi connectivity index (χ4n) is 6.51. The molecule has 0 heterocycles. The molecule has 0 unspecified atom stereocenters. The second-order valence-corrected chi connectivity index (χ2v) is 13.3. The second kappa shape index (κ2) is 14.4. The molecular weight excluding hydrogens is 585 g/mol. The van der Waals surface area contributed by atoms with Gasteiger partial charge < -0.3 is 9.80 Å². The van der Waals surface area contributed by atoms with E-state index >= 15 is 0 Å². The summed E-state index contributed by atoms with van der Waals surface area (Å²) in [6.45, 7) is 6.21. The van der Waals surface area contributed by atoms with Crippen molar-refractivity contribution in [3.8, 4) is 44.5 Å². The predicted molar refractivity (Wildman–Crippen MR) is 202 cm³/mol. The van der Waals surface area contributed by atoms with Gasteiger partial charge in [0.2, 0.25) is 0 Å². The Morgan fingerprint density at radius 1 is 0.438 bits per heavy atom. The van der Waals surface area contributed by atoms with Gasteiger partial charge in [-0.05, 0) is 109 Å². The summed E-state index contributed by atoms with van der Waals surface area (Å²) in [5.74, 6) is 0.0221. The molecule has 0 atom stereocenters. The van der Waals surface area contributed by atoms with E-state index in [-0.39, 0.29) is 5.78 Å². The smallest absolute Gasteiger partial charge is 0.193 e. The van der Waals surface area contributed by atoms with Crippen molar-refractivity contribution < 1.29 is 4.79 Å². The molecule has 6 rings (SSSR count). The minimum Gasteiger partial charge on any atom is -0.305 e. The van der Waals surface area contributed by atoms with Crippen LogP contribution in [0.25, 0.3) is 44.5 Å². The van der Waals surface area contributed by atoms with E-state index in [2.05, 4.69) is 161 Å². The molecule has 3 nitrogen and oxygen atoms in total. The van der Waals surface area contributed by atoms with Crippen molar-refractivity contribution in [3.63, 3.8) is 0 Å². The molecule has 240 valence electrons. The second-order valence-electron chi connectivity index (χ2n) is 13.3. The lowest BCUT2D eigenvalue weighted by Gasteiger charge is -2.15. The first-order valence-corrected chi connectivity index (χ1v) is 16.6. The van der Waals surface area contributed by atoms with Crippen molar-refractivity contribution in [3.05, 3.63) is 167 Å². The van der Waals surface area contributed by atoms with Crippen LogP contribution < -0.4 is 0 Å². The third kappa shape index (κ3) is 7.23. The van der Waals surface area contributed by atoms with Crippen LogP contribution >= 0.6 is 0 Å². The summed E-state index contributed by atoms with van der Waals surface area (Å²) in [5.41, 5.74) is 15.9. The molecule has 0 saturated carbocycles. The van der Waals surface area contributed by atoms with Crippen LogP contribution in [0, 0.1) is 13.8 Å². The summed E-state index contributed by atoms with van der Waals surface area (Å²) in [6, 6.07) is 46.5. The quantitative estimate of drug-likeness (QED) is 0.141. The summed E-state index contributed by atoms with van der Waals surface area (Å²) in [6.07, 6.45) is 0. The highest BCUT2D eigenvalue weighted by Gasteiger charge is 2.14. The maximum atomic E-state index is 13.6. The zero-order chi connectivity index (χ0) is 33.8. The third-order valence-electron chi connectivity index (χ3n) is 9.05. The molecule has 6 aromatic carbocycles. The lowest BCUT2D eigenvalue weighted by molar-refractivity contribution is 0.103. The summed E-state index contributed by atoms with van der Waals surface area (Å²) < 4.78 is 0. The highest BCUT2D eigenvalue weighted by atomic mass is 16.1. The molecule has 6 aromatic rings. The number of aryl methyl sites for hydroxylation is 2. The average molecular weight is 629 g/mol. The standard InChI is InChI=1S/C45H44N2O/c1-31-27-37(23-25-39(31)29-46(3)4)43-13-9-7-11-41(43)33-15-19-35(20-16-33)45(48)36-21-17-34(18-22-36)42-12-8-10-14-44(42)38-24-26-40(30-47(5)6)32(2)28-38/h7-28H,29-30H2,1-6H3. The van der Waals surface area contributed by atoms with E-state index in [4.69, 9.17) is 0 Å². The number of hydrogen-bond donors (Lipinski definition) is 0. The van der Waals surface area contributed by atoms with Crippen LogP contribution in [-0.4, -0.2) is 43.8 Å². The molecule has 0 saturated heterocycles. The Labute approximate surface area is 286 Å². The van der Waals surface area contributed by atoms with Crippen LogP contribution in [0.4, 0.5) is 0 Å². The molecule has 0 bridgehead atoms. The van der Waals surface area contributed by atoms with Crippen molar-refractivity contribution in [1.82, 2.24) is 9.80 Å². The van der Waals surface area contributed by atoms with Gasteiger partial charge in [-0.3, -0.25) is 4.79 Å². The lowest BCUT2D eigenvalue weighted by atomic mass is 9.91. The predicted octanol–water partition coefficient (Wildman–Crippen LogP) is 10.3. The van der Waals surface area contributed by atoms with Gasteiger partial charge in [-0.25, -0.2) is 0 Å². The van der Waals surface area contributed by atoms with Gasteiger partial charge in [-0.1, -0.05) is 133 Å². The van der Waals surface area contributed by atoms with Crippen molar-refractivity contribution in [1.29, 1.82) is 0 Å². The molecule has 48 heavy (non-hydrogen) atoms. The zero-order valence-corrected chi connectivity index (χ0v) is 28.9. The molecule has 0 N–H and O–H groups in total. The normalized spacial score (nSPS) is 11.3. The summed E-state index contributed by atoms with van der Waals surface area (Å²) >= 11 is 0. The molecule has 0 aliphatic rings. The van der Waals surface area contributed by atoms with Gasteiger partial charge in [0.1, 0.15) is 0 Å². The van der Waals surface area contributed by atoms with E-state index in [1.165, 1.54) is 44.5 Å². The average Bonchev–Trinajstić information content (AvgIpc) is 3.09. The van der Waals surface area contributed by atoms with E-state index in [1.807, 2.05) is 24.3 Å². The monoisotopic (exact) mass is 628 g/mol. The maximum Gasteiger partial charge on any atom is 0.193 e. The molecule has 0 aliphatic carbocycles. The molecule has 0 aliphatic heterocycles. The Hall–Kier alpha value is -5.09. The van der Waals surface area contributed by atoms with Crippen LogP contribution in [0.15, 0.2) is 133 Å². The molecule has 0 fully saturated rings. The van der Waals surface area contributed by atoms with Crippen LogP contribution in [0.1, 0.15) is 38.2 Å². The van der Waals surface area contributed by atoms with E-state index in [0.29, 0.717) is 11.1 Å². The van der Waals surface area contributed by atoms with E-state index in [9.17, 15) is 4.79 Å². The molecular formula is C45H44N2O. The van der Waals surface area contributed by atoms with Crippen molar-refractivity contribution in [2.45, 2.75) is 26.9 Å². The molecule has 0 aromatic heterocycles. The zero-order valence-electron chi connectivity index (χ0n) is 28.9. The summed E-state index contributed by atoms with van der Waals surface area (Å²) in [5, 5.41) is 0. The van der Waals surface area contributed by atoms with Gasteiger partial charge in [-0.15, -0.1) is 0 Å². The van der Waals surface area contributed by atoms with E-state index in [0.717, 1.165) is 35.3 Å². The van der Waals surface area contributed by atoms with Crippen LogP contribution in [-0.2, 0) is 13.1 Å². The fraction of sp³-hybridized carbons (Fsp3) is 0.178. The SMILES string of the molecule is Cc1cc(-c2ccccc2-c2ccc(C(=O)c3ccc(-c4ccccc4-c4ccc(CN(C)C)c(C)c4)cc3)cc2)ccc1CN(C)C. The van der Waals surface area contributed by atoms with Gasteiger partial charge in [-0.2, -0.15) is 0 Å². The number of carbonyl (C=O) groups excluding carboxylic acids is 1. The third-order valence-corrected chi connectivity index (χ3v) is 9.05. The maximum absolute atomic E-state index is 13.6. The number of benzene rings is 6. The van der Waals surface area contributed by atoms with Crippen LogP contribution in [0.2, 0.25) is 0 Å². The van der Waals surface area contributed by atoms with Gasteiger partial charge in [0.05, 0.1) is 0 Å². The highest BCUT2D eigenvalue weighted by molar-refractivity contribution is 6.09. The van der Waals surface area contributed by atoms with E-state index in [1.54, 1.807) is 0 Å². The van der Waals surface area contributed by atoms with Crippen LogP contribution in [0.3, 0.4) is 0 Å². The Balaban J connectivity index is 1.22. The van der Waals surface area contributed by atoms with Gasteiger partial charge >= 0.3 is 0 Å². The van der Waals surface area contributed by atoms with Gasteiger partial charge in [0.25, 0.3) is 0 Å². The first kappa shape index (κ1) is 32.8. The Morgan fingerprint density at radius 3 is 1.06 bits per heavy atom. The number of rotatable bonds is 10. The number of nitrogens with zero attached hydrogens (tertiary/aromatic N) is 2. The van der Waals surface area contributed by atoms with E-state index < -0.39 is 0 Å². The first-order chi connectivity index (χ1) is 23.2. The van der Waals surface area contributed by atoms with Crippen molar-refractivity contribution in [2.24, 2.45) is 0 Å². The Morgan fingerprint density at radius 2 is 0.750 bits per heavy atom. The largest absolute Gasteiger partial charge is 0.305 e. The molecule has 0 radical (unpaired) electrons. The number of ketones is 1. The highest BCUT2D eigenvalue weighted by Crippen LogP contribution is 2.35. The number of carbonyl (C=O) groups is 1. The molecule has 0 amide bonds. The fourth-order valence-corrected chi connectivity index (χ4v) is 6.51. The minimum absolute atomic E-state index is 0.0221. The first-order valence-electron chi connectivity index (χ1n) is 16.6.